The molecule has 6 heteroatoms. The summed E-state index contributed by atoms with van der Waals surface area (Å²) in [6, 6.07) is 3.92. The Morgan fingerprint density at radius 3 is 2.73 bits per heavy atom. The fourth-order valence-electron chi connectivity index (χ4n) is 3.31. The van der Waals surface area contributed by atoms with Gasteiger partial charge in [0.2, 0.25) is 6.29 Å². The van der Waals surface area contributed by atoms with Crippen molar-refractivity contribution in [2.24, 2.45) is 0 Å². The van der Waals surface area contributed by atoms with Crippen LogP contribution >= 0.6 is 11.9 Å². The van der Waals surface area contributed by atoms with E-state index < -0.39 is 23.1 Å². The number of carboxylic acid groups (broad SMARTS) is 1. The number of fused-ring (bicyclic) bond motifs is 1. The van der Waals surface area contributed by atoms with Crippen LogP contribution in [-0.2, 0) is 15.6 Å². The first kappa shape index (κ1) is 19.3. The van der Waals surface area contributed by atoms with Crippen LogP contribution in [0.15, 0.2) is 17.0 Å². The van der Waals surface area contributed by atoms with Gasteiger partial charge in [0.25, 0.3) is 0 Å². The number of aliphatic hydroxyl groups excluding tert-OH is 1. The summed E-state index contributed by atoms with van der Waals surface area (Å²) in [7, 11) is 0. The van der Waals surface area contributed by atoms with Crippen molar-refractivity contribution >= 4 is 24.0 Å². The van der Waals surface area contributed by atoms with Crippen LogP contribution in [0.5, 0.6) is 5.75 Å². The monoisotopic (exact) mass is 377 g/mol. The summed E-state index contributed by atoms with van der Waals surface area (Å²) in [5.41, 5.74) is 0.718. The van der Waals surface area contributed by atoms with Crippen LogP contribution in [0.3, 0.4) is 0 Å². The number of carbonyl (C=O) groups is 1. The number of rotatable bonds is 4. The standard InChI is InChI=1S/C20H27NO4S/c1-6-21-8-7-13(26-21)9-12-10-14(19(2,3)17(22)23)16-15(11-12)20(4,5)18(24)25-16/h9-11,18,24H,6-8H2,1-5H3,(H,22,23)/b13-9+. The van der Waals surface area contributed by atoms with E-state index in [1.165, 1.54) is 4.91 Å². The smallest absolute Gasteiger partial charge is 0.313 e. The molecule has 1 saturated heterocycles. The van der Waals surface area contributed by atoms with Gasteiger partial charge in [-0.25, -0.2) is 4.31 Å². The minimum atomic E-state index is -1.11. The van der Waals surface area contributed by atoms with E-state index in [-0.39, 0.29) is 0 Å². The molecule has 0 radical (unpaired) electrons. The van der Waals surface area contributed by atoms with Crippen molar-refractivity contribution in [1.82, 2.24) is 4.31 Å². The number of benzene rings is 1. The van der Waals surface area contributed by atoms with Gasteiger partial charge in [0.1, 0.15) is 5.75 Å². The molecule has 142 valence electrons. The number of aliphatic carboxylic acids is 1. The first-order valence-electron chi connectivity index (χ1n) is 8.98. The van der Waals surface area contributed by atoms with Crippen LogP contribution < -0.4 is 4.74 Å². The van der Waals surface area contributed by atoms with Crippen LogP contribution in [0.4, 0.5) is 0 Å². The van der Waals surface area contributed by atoms with Gasteiger partial charge < -0.3 is 14.9 Å². The van der Waals surface area contributed by atoms with E-state index >= 15 is 0 Å². The van der Waals surface area contributed by atoms with Crippen LogP contribution in [0, 0.1) is 0 Å². The Bertz CT molecular complexity index is 769. The molecule has 1 atom stereocenters. The molecule has 0 amide bonds. The zero-order chi connectivity index (χ0) is 19.3. The van der Waals surface area contributed by atoms with Crippen molar-refractivity contribution in [3.63, 3.8) is 0 Å². The predicted molar refractivity (Wildman–Crippen MR) is 104 cm³/mol. The highest BCUT2D eigenvalue weighted by Crippen LogP contribution is 2.48. The van der Waals surface area contributed by atoms with E-state index in [4.69, 9.17) is 4.74 Å². The normalized spacial score (nSPS) is 23.9. The van der Waals surface area contributed by atoms with Crippen molar-refractivity contribution in [3.8, 4) is 5.75 Å². The van der Waals surface area contributed by atoms with Gasteiger partial charge in [-0.05, 0) is 69.8 Å². The molecule has 1 fully saturated rings. The third-order valence-electron chi connectivity index (χ3n) is 5.39. The summed E-state index contributed by atoms with van der Waals surface area (Å²) in [6.45, 7) is 11.3. The van der Waals surface area contributed by atoms with Gasteiger partial charge in [0.15, 0.2) is 0 Å². The van der Waals surface area contributed by atoms with Crippen LogP contribution in [0.2, 0.25) is 0 Å². The van der Waals surface area contributed by atoms with Crippen LogP contribution in [0.25, 0.3) is 6.08 Å². The second kappa shape index (κ2) is 6.59. The Balaban J connectivity index is 2.13. The average molecular weight is 378 g/mol. The van der Waals surface area contributed by atoms with Crippen LogP contribution in [0.1, 0.15) is 57.7 Å². The molecule has 0 aliphatic carbocycles. The van der Waals surface area contributed by atoms with Gasteiger partial charge in [-0.1, -0.05) is 6.92 Å². The fraction of sp³-hybridized carbons (Fsp3) is 0.550. The van der Waals surface area contributed by atoms with Crippen LogP contribution in [-0.4, -0.2) is 39.9 Å². The predicted octanol–water partition coefficient (Wildman–Crippen LogP) is 3.75. The highest BCUT2D eigenvalue weighted by Gasteiger charge is 2.45. The molecule has 1 aromatic carbocycles. The SMILES string of the molecule is CCN1CC/C(=C\c2cc(C(C)(C)C(=O)O)c3c(c2)C(C)(C)C(O)O3)S1. The molecule has 1 unspecified atom stereocenters. The molecule has 0 spiro atoms. The number of carboxylic acids is 1. The highest BCUT2D eigenvalue weighted by atomic mass is 32.2. The molecule has 0 bridgehead atoms. The van der Waals surface area contributed by atoms with Gasteiger partial charge >= 0.3 is 5.97 Å². The highest BCUT2D eigenvalue weighted by molar-refractivity contribution is 8.01. The molecule has 3 rings (SSSR count). The zero-order valence-corrected chi connectivity index (χ0v) is 16.8. The lowest BCUT2D eigenvalue weighted by Crippen LogP contribution is -2.31. The Kier molecular flexibility index (Phi) is 4.88. The summed E-state index contributed by atoms with van der Waals surface area (Å²) >= 11 is 1.76. The van der Waals surface area contributed by atoms with Crippen molar-refractivity contribution < 1.29 is 19.7 Å². The average Bonchev–Trinajstić information content (AvgIpc) is 3.10. The molecule has 26 heavy (non-hydrogen) atoms. The molecule has 0 saturated carbocycles. The summed E-state index contributed by atoms with van der Waals surface area (Å²) in [4.78, 5) is 13.1. The third kappa shape index (κ3) is 3.15. The van der Waals surface area contributed by atoms with E-state index in [0.717, 1.165) is 30.6 Å². The quantitative estimate of drug-likeness (QED) is 0.779. The van der Waals surface area contributed by atoms with E-state index in [1.54, 1.807) is 25.8 Å². The van der Waals surface area contributed by atoms with E-state index in [1.807, 2.05) is 26.0 Å². The molecular formula is C20H27NO4S. The minimum Gasteiger partial charge on any atom is -0.481 e. The molecule has 5 nitrogen and oxygen atoms in total. The van der Waals surface area contributed by atoms with Crippen molar-refractivity contribution in [1.29, 1.82) is 0 Å². The Morgan fingerprint density at radius 2 is 2.15 bits per heavy atom. The first-order chi connectivity index (χ1) is 12.1. The Labute approximate surface area is 159 Å². The number of nitrogens with zero attached hydrogens (tertiary/aromatic N) is 1. The summed E-state index contributed by atoms with van der Waals surface area (Å²) in [5, 5.41) is 20.1. The minimum absolute atomic E-state index is 0.506. The van der Waals surface area contributed by atoms with Gasteiger partial charge in [-0.3, -0.25) is 4.79 Å². The van der Waals surface area contributed by atoms with Gasteiger partial charge in [-0.15, -0.1) is 0 Å². The second-order valence-corrected chi connectivity index (χ2v) is 9.26. The molecule has 2 aliphatic heterocycles. The van der Waals surface area contributed by atoms with Crippen molar-refractivity contribution in [3.05, 3.63) is 33.7 Å². The summed E-state index contributed by atoms with van der Waals surface area (Å²) in [5.74, 6) is -0.411. The molecule has 2 heterocycles. The zero-order valence-electron chi connectivity index (χ0n) is 16.0. The number of ether oxygens (including phenoxy) is 1. The molecule has 2 aliphatic rings. The largest absolute Gasteiger partial charge is 0.481 e. The number of aliphatic hydroxyl groups is 1. The maximum atomic E-state index is 11.9. The molecule has 1 aromatic rings. The summed E-state index contributed by atoms with van der Waals surface area (Å²) < 4.78 is 8.01. The maximum absolute atomic E-state index is 11.9. The Morgan fingerprint density at radius 1 is 1.46 bits per heavy atom. The Hall–Kier alpha value is -1.50. The third-order valence-corrected chi connectivity index (χ3v) is 6.65. The lowest BCUT2D eigenvalue weighted by atomic mass is 9.78. The first-order valence-corrected chi connectivity index (χ1v) is 9.75. The van der Waals surface area contributed by atoms with Crippen molar-refractivity contribution in [2.75, 3.05) is 13.1 Å². The lowest BCUT2D eigenvalue weighted by Gasteiger charge is -2.23. The second-order valence-electron chi connectivity index (χ2n) is 8.04. The topological polar surface area (TPSA) is 70.0 Å². The van der Waals surface area contributed by atoms with Gasteiger partial charge in [-0.2, -0.15) is 0 Å². The molecule has 0 aromatic heterocycles. The number of hydrogen-bond acceptors (Lipinski definition) is 5. The van der Waals surface area contributed by atoms with Gasteiger partial charge in [0.05, 0.1) is 10.8 Å². The van der Waals surface area contributed by atoms with E-state index in [0.29, 0.717) is 11.3 Å². The molecular weight excluding hydrogens is 350 g/mol. The fourth-order valence-corrected chi connectivity index (χ4v) is 4.33. The summed E-state index contributed by atoms with van der Waals surface area (Å²) in [6.07, 6.45) is 2.14. The number of hydrogen-bond donors (Lipinski definition) is 2. The lowest BCUT2D eigenvalue weighted by molar-refractivity contribution is -0.142. The van der Waals surface area contributed by atoms with Crippen molar-refractivity contribution in [2.45, 2.75) is 58.2 Å². The van der Waals surface area contributed by atoms with E-state index in [2.05, 4.69) is 17.3 Å². The maximum Gasteiger partial charge on any atom is 0.313 e. The van der Waals surface area contributed by atoms with E-state index in [9.17, 15) is 15.0 Å². The molecule has 2 N–H and O–H groups in total. The van der Waals surface area contributed by atoms with Gasteiger partial charge in [0, 0.05) is 29.1 Å².